The Morgan fingerprint density at radius 1 is 1.11 bits per heavy atom. The highest BCUT2D eigenvalue weighted by atomic mass is 16.2. The van der Waals surface area contributed by atoms with Gasteiger partial charge >= 0.3 is 0 Å². The molecule has 1 aliphatic heterocycles. The second kappa shape index (κ2) is 9.85. The summed E-state index contributed by atoms with van der Waals surface area (Å²) in [5.41, 5.74) is 5.12. The molecule has 1 aromatic carbocycles. The smallest absolute Gasteiger partial charge is 0.228 e. The van der Waals surface area contributed by atoms with Crippen molar-refractivity contribution in [3.05, 3.63) is 47.8 Å². The highest BCUT2D eigenvalue weighted by Gasteiger charge is 2.33. The minimum atomic E-state index is -0.0164. The normalized spacial score (nSPS) is 17.7. The lowest BCUT2D eigenvalue weighted by atomic mass is 10.1. The molecule has 1 unspecified atom stereocenters. The topological polar surface area (TPSA) is 92.1 Å². The van der Waals surface area contributed by atoms with Crippen molar-refractivity contribution in [2.24, 2.45) is 0 Å². The van der Waals surface area contributed by atoms with Crippen LogP contribution in [0.25, 0.3) is 21.9 Å². The summed E-state index contributed by atoms with van der Waals surface area (Å²) in [4.78, 5) is 30.9. The van der Waals surface area contributed by atoms with Crippen LogP contribution in [-0.2, 0) is 4.79 Å². The SMILES string of the molecule is CCC(C)n1nc(C2CC2)c2nc(N3CCN(C(C)=O)CC3)nc(N[C@H](C)c3cnc4ccccc4c3)c21. The van der Waals surface area contributed by atoms with E-state index in [2.05, 4.69) is 52.8 Å². The number of nitrogens with one attached hydrogen (secondary N) is 1. The van der Waals surface area contributed by atoms with E-state index in [-0.39, 0.29) is 18.0 Å². The highest BCUT2D eigenvalue weighted by Crippen LogP contribution is 2.44. The number of aromatic nitrogens is 5. The lowest BCUT2D eigenvalue weighted by molar-refractivity contribution is -0.129. The number of amides is 1. The molecule has 0 radical (unpaired) electrons. The molecule has 3 aromatic heterocycles. The zero-order valence-electron chi connectivity index (χ0n) is 22.7. The van der Waals surface area contributed by atoms with Gasteiger partial charge in [0.2, 0.25) is 11.9 Å². The molecular weight excluding hydrogens is 476 g/mol. The Hall–Kier alpha value is -3.75. The first-order valence-corrected chi connectivity index (χ1v) is 13.8. The predicted molar refractivity (Wildman–Crippen MR) is 151 cm³/mol. The number of carbonyl (C=O) groups excluding carboxylic acids is 1. The summed E-state index contributed by atoms with van der Waals surface area (Å²) >= 11 is 0. The number of pyridine rings is 1. The molecule has 0 bridgehead atoms. The summed E-state index contributed by atoms with van der Waals surface area (Å²) in [7, 11) is 0. The molecule has 38 heavy (non-hydrogen) atoms. The lowest BCUT2D eigenvalue weighted by Crippen LogP contribution is -2.48. The van der Waals surface area contributed by atoms with Crippen molar-refractivity contribution in [1.82, 2.24) is 29.6 Å². The van der Waals surface area contributed by atoms with Crippen LogP contribution in [-0.4, -0.2) is 61.7 Å². The molecular formula is C29H36N8O. The van der Waals surface area contributed by atoms with Gasteiger partial charge in [0, 0.05) is 56.6 Å². The van der Waals surface area contributed by atoms with Crippen molar-refractivity contribution in [2.75, 3.05) is 36.4 Å². The molecule has 1 saturated heterocycles. The van der Waals surface area contributed by atoms with E-state index in [9.17, 15) is 4.79 Å². The fourth-order valence-electron chi connectivity index (χ4n) is 5.25. The number of hydrogen-bond donors (Lipinski definition) is 1. The first kappa shape index (κ1) is 24.6. The van der Waals surface area contributed by atoms with Gasteiger partial charge in [-0.05, 0) is 50.8 Å². The van der Waals surface area contributed by atoms with Gasteiger partial charge in [0.15, 0.2) is 5.82 Å². The van der Waals surface area contributed by atoms with Crippen LogP contribution in [0.1, 0.15) is 76.2 Å². The highest BCUT2D eigenvalue weighted by molar-refractivity contribution is 5.90. The number of para-hydroxylation sites is 1. The van der Waals surface area contributed by atoms with Crippen LogP contribution < -0.4 is 10.2 Å². The van der Waals surface area contributed by atoms with Crippen LogP contribution in [0.5, 0.6) is 0 Å². The predicted octanol–water partition coefficient (Wildman–Crippen LogP) is 5.06. The molecule has 198 valence electrons. The third kappa shape index (κ3) is 4.54. The zero-order chi connectivity index (χ0) is 26.4. The molecule has 6 rings (SSSR count). The summed E-state index contributed by atoms with van der Waals surface area (Å²) in [6.45, 7) is 11.0. The minimum absolute atomic E-state index is 0.0164. The Morgan fingerprint density at radius 2 is 1.87 bits per heavy atom. The first-order chi connectivity index (χ1) is 18.4. The maximum absolute atomic E-state index is 11.9. The van der Waals surface area contributed by atoms with Crippen LogP contribution in [0.4, 0.5) is 11.8 Å². The van der Waals surface area contributed by atoms with E-state index in [0.717, 1.165) is 58.3 Å². The summed E-state index contributed by atoms with van der Waals surface area (Å²) in [5, 5.41) is 9.96. The number of nitrogens with zero attached hydrogens (tertiary/aromatic N) is 7. The van der Waals surface area contributed by atoms with E-state index in [1.165, 1.54) is 0 Å². The maximum atomic E-state index is 11.9. The zero-order valence-corrected chi connectivity index (χ0v) is 22.7. The van der Waals surface area contributed by atoms with Gasteiger partial charge in [0.1, 0.15) is 11.0 Å². The van der Waals surface area contributed by atoms with Crippen molar-refractivity contribution in [3.63, 3.8) is 0 Å². The molecule has 1 N–H and O–H groups in total. The minimum Gasteiger partial charge on any atom is -0.362 e. The van der Waals surface area contributed by atoms with Gasteiger partial charge < -0.3 is 15.1 Å². The second-order valence-electron chi connectivity index (χ2n) is 10.8. The molecule has 9 heteroatoms. The van der Waals surface area contributed by atoms with Crippen LogP contribution in [0.3, 0.4) is 0 Å². The molecule has 2 aliphatic rings. The molecule has 0 spiro atoms. The fourth-order valence-corrected chi connectivity index (χ4v) is 5.25. The maximum Gasteiger partial charge on any atom is 0.228 e. The number of piperazine rings is 1. The van der Waals surface area contributed by atoms with E-state index >= 15 is 0 Å². The van der Waals surface area contributed by atoms with Crippen LogP contribution in [0.2, 0.25) is 0 Å². The molecule has 1 saturated carbocycles. The Morgan fingerprint density at radius 3 is 2.58 bits per heavy atom. The van der Waals surface area contributed by atoms with E-state index < -0.39 is 0 Å². The second-order valence-corrected chi connectivity index (χ2v) is 10.8. The number of hydrogen-bond acceptors (Lipinski definition) is 7. The summed E-state index contributed by atoms with van der Waals surface area (Å²) in [5.74, 6) is 2.10. The Balaban J connectivity index is 1.42. The van der Waals surface area contributed by atoms with Gasteiger partial charge in [-0.2, -0.15) is 10.1 Å². The molecule has 1 aliphatic carbocycles. The van der Waals surface area contributed by atoms with Crippen molar-refractivity contribution < 1.29 is 4.79 Å². The third-order valence-electron chi connectivity index (χ3n) is 8.00. The van der Waals surface area contributed by atoms with Crippen LogP contribution >= 0.6 is 0 Å². The Kier molecular flexibility index (Phi) is 6.37. The van der Waals surface area contributed by atoms with Gasteiger partial charge in [-0.15, -0.1) is 0 Å². The van der Waals surface area contributed by atoms with E-state index in [4.69, 9.17) is 15.1 Å². The summed E-state index contributed by atoms with van der Waals surface area (Å²) in [6.07, 6.45) is 5.23. The number of benzene rings is 1. The van der Waals surface area contributed by atoms with Crippen molar-refractivity contribution in [3.8, 4) is 0 Å². The first-order valence-electron chi connectivity index (χ1n) is 13.8. The fraction of sp³-hybridized carbons (Fsp3) is 0.483. The monoisotopic (exact) mass is 512 g/mol. The number of carbonyl (C=O) groups is 1. The van der Waals surface area contributed by atoms with Gasteiger partial charge in [0.05, 0.1) is 17.3 Å². The number of rotatable bonds is 7. The van der Waals surface area contributed by atoms with E-state index in [0.29, 0.717) is 38.0 Å². The summed E-state index contributed by atoms with van der Waals surface area (Å²) in [6, 6.07) is 10.6. The molecule has 2 atom stereocenters. The molecule has 4 aromatic rings. The average molecular weight is 513 g/mol. The third-order valence-corrected chi connectivity index (χ3v) is 8.00. The molecule has 9 nitrogen and oxygen atoms in total. The summed E-state index contributed by atoms with van der Waals surface area (Å²) < 4.78 is 2.13. The van der Waals surface area contributed by atoms with Gasteiger partial charge in [-0.3, -0.25) is 14.5 Å². The number of fused-ring (bicyclic) bond motifs is 2. The Labute approximate surface area is 223 Å². The largest absolute Gasteiger partial charge is 0.362 e. The standard InChI is InChI=1S/C29H36N8O/c1-5-18(2)37-27-26(25(34-37)21-10-11-21)32-29(36-14-12-35(13-15-36)20(4)38)33-28(27)31-19(3)23-16-22-8-6-7-9-24(22)30-17-23/h6-9,16-19,21H,5,10-15H2,1-4H3,(H,31,32,33)/t18?,19-/m1/s1. The molecule has 2 fully saturated rings. The lowest BCUT2D eigenvalue weighted by Gasteiger charge is -2.34. The van der Waals surface area contributed by atoms with Crippen LogP contribution in [0, 0.1) is 0 Å². The van der Waals surface area contributed by atoms with Crippen LogP contribution in [0.15, 0.2) is 36.5 Å². The van der Waals surface area contributed by atoms with E-state index in [1.807, 2.05) is 29.3 Å². The van der Waals surface area contributed by atoms with E-state index in [1.54, 1.807) is 6.92 Å². The van der Waals surface area contributed by atoms with Gasteiger partial charge in [0.25, 0.3) is 0 Å². The average Bonchev–Trinajstić information content (AvgIpc) is 3.72. The molecule has 4 heterocycles. The van der Waals surface area contributed by atoms with Crippen molar-refractivity contribution >= 4 is 39.6 Å². The quantitative estimate of drug-likeness (QED) is 0.370. The van der Waals surface area contributed by atoms with Crippen molar-refractivity contribution in [2.45, 2.75) is 65.0 Å². The van der Waals surface area contributed by atoms with Gasteiger partial charge in [-0.25, -0.2) is 4.98 Å². The Bertz CT molecular complexity index is 1490. The number of anilines is 2. The van der Waals surface area contributed by atoms with Crippen molar-refractivity contribution in [1.29, 1.82) is 0 Å². The van der Waals surface area contributed by atoms with Gasteiger partial charge in [-0.1, -0.05) is 25.1 Å². The molecule has 1 amide bonds.